The molecular weight excluding hydrogens is 895 g/mol. The number of benzene rings is 2. The van der Waals surface area contributed by atoms with E-state index in [0.29, 0.717) is 23.6 Å². The maximum absolute atomic E-state index is 15.5. The van der Waals surface area contributed by atoms with Crippen molar-refractivity contribution in [3.63, 3.8) is 0 Å². The number of carbonyl (C=O) groups is 1. The minimum Gasteiger partial charge on any atom is -0.298 e. The summed E-state index contributed by atoms with van der Waals surface area (Å²) in [5.74, 6) is -4.89. The van der Waals surface area contributed by atoms with Gasteiger partial charge in [-0.3, -0.25) is 14.2 Å². The van der Waals surface area contributed by atoms with Crippen LogP contribution in [-0.2, 0) is 55.7 Å². The van der Waals surface area contributed by atoms with E-state index in [1.165, 1.54) is 51.1 Å². The van der Waals surface area contributed by atoms with Gasteiger partial charge in [-0.05, 0) is 81.2 Å². The standard InChI is InChI=1S/C44H41F8N5O5S2/c1-4-63(59,60)22-35-32-7-5-6-31(40(32)56(54-35)21-36(47)48)30-11-8-27(12-13-43(2,3)64(61,62)29-9-10-29)53-38(30)24(14-23-15-25(45)18-26(46)16-23)17-28(58)20-57-41-37(39(55-57)42(49)50)33-19-34(33)44(41,51)52/h5-8,11,15-16,18,24,29,33-34,36,42H,4,9-10,14,17,19-22H2,1-3H3/t24-,33+,34-/m1/s1. The van der Waals surface area contributed by atoms with E-state index in [4.69, 9.17) is 4.98 Å². The smallest absolute Gasteiger partial charge is 0.293 e. The van der Waals surface area contributed by atoms with E-state index in [9.17, 15) is 48.0 Å². The van der Waals surface area contributed by atoms with Gasteiger partial charge in [0.2, 0.25) is 0 Å². The monoisotopic (exact) mass is 935 g/mol. The Morgan fingerprint density at radius 3 is 2.28 bits per heavy atom. The van der Waals surface area contributed by atoms with Crippen LogP contribution in [0.5, 0.6) is 0 Å². The Morgan fingerprint density at radius 1 is 0.938 bits per heavy atom. The first-order valence-corrected chi connectivity index (χ1v) is 23.9. The Kier molecular flexibility index (Phi) is 11.6. The predicted octanol–water partition coefficient (Wildman–Crippen LogP) is 8.61. The van der Waals surface area contributed by atoms with Gasteiger partial charge in [0, 0.05) is 52.2 Å². The largest absolute Gasteiger partial charge is 0.298 e. The average molecular weight is 936 g/mol. The zero-order valence-corrected chi connectivity index (χ0v) is 36.2. The van der Waals surface area contributed by atoms with E-state index >= 15 is 8.78 Å². The van der Waals surface area contributed by atoms with Crippen molar-refractivity contribution in [3.05, 3.63) is 99.8 Å². The average Bonchev–Trinajstić information content (AvgIpc) is 4.13. The van der Waals surface area contributed by atoms with Crippen molar-refractivity contribution in [1.29, 1.82) is 0 Å². The first kappa shape index (κ1) is 45.4. The molecule has 2 fully saturated rings. The Hall–Kier alpha value is -5.16. The van der Waals surface area contributed by atoms with Crippen LogP contribution >= 0.6 is 0 Å². The number of alkyl halides is 6. The van der Waals surface area contributed by atoms with E-state index in [2.05, 4.69) is 22.0 Å². The lowest BCUT2D eigenvalue weighted by molar-refractivity contribution is -0.120. The van der Waals surface area contributed by atoms with Crippen LogP contribution in [0.25, 0.3) is 22.0 Å². The second-order valence-electron chi connectivity index (χ2n) is 17.1. The molecular formula is C44H41F8N5O5S2. The minimum absolute atomic E-state index is 0.01000. The zero-order valence-electron chi connectivity index (χ0n) is 34.6. The topological polar surface area (TPSA) is 134 Å². The van der Waals surface area contributed by atoms with Crippen LogP contribution in [0.2, 0.25) is 0 Å². The van der Waals surface area contributed by atoms with Gasteiger partial charge in [-0.25, -0.2) is 48.2 Å². The van der Waals surface area contributed by atoms with Crippen LogP contribution in [0.1, 0.15) is 104 Å². The Morgan fingerprint density at radius 2 is 1.64 bits per heavy atom. The summed E-state index contributed by atoms with van der Waals surface area (Å²) in [6, 6.07) is 10.0. The summed E-state index contributed by atoms with van der Waals surface area (Å²) in [7, 11) is -7.46. The molecule has 0 radical (unpaired) electrons. The molecule has 0 bridgehead atoms. The summed E-state index contributed by atoms with van der Waals surface area (Å²) in [4.78, 5) is 19.0. The number of pyridine rings is 1. The molecule has 340 valence electrons. The molecule has 3 aliphatic carbocycles. The van der Waals surface area contributed by atoms with Crippen LogP contribution < -0.4 is 0 Å². The van der Waals surface area contributed by atoms with Gasteiger partial charge in [0.1, 0.15) is 46.6 Å². The fourth-order valence-corrected chi connectivity index (χ4v) is 11.3. The predicted molar refractivity (Wildman–Crippen MR) is 219 cm³/mol. The highest BCUT2D eigenvalue weighted by Gasteiger charge is 2.67. The molecule has 0 N–H and O–H groups in total. The SMILES string of the molecule is CCS(=O)(=O)Cc1nn(CC(F)F)c2c(-c3ccc(C#CC(C)(C)S(=O)(=O)C4CC4)nc3[C@@H](CC(=O)Cn3nc(C(F)F)c4c3C(F)(F)[C@@H]3C[C@H]43)Cc3cc(F)cc(F)c3)cccc12. The lowest BCUT2D eigenvalue weighted by Gasteiger charge is -2.22. The molecule has 2 aromatic carbocycles. The van der Waals surface area contributed by atoms with Crippen LogP contribution in [-0.4, -0.2) is 69.3 Å². The molecule has 0 amide bonds. The number of rotatable bonds is 16. The molecule has 3 aliphatic rings. The Balaban J connectivity index is 1.30. The van der Waals surface area contributed by atoms with Gasteiger partial charge in [-0.15, -0.1) is 0 Å². The van der Waals surface area contributed by atoms with E-state index < -0.39 is 120 Å². The Bertz CT molecular complexity index is 2970. The number of hydrogen-bond donors (Lipinski definition) is 0. The number of nitrogens with zero attached hydrogens (tertiary/aromatic N) is 5. The van der Waals surface area contributed by atoms with Crippen molar-refractivity contribution in [2.45, 2.75) is 112 Å². The normalized spacial score (nSPS) is 18.6. The number of sulfone groups is 2. The molecule has 0 unspecified atom stereocenters. The lowest BCUT2D eigenvalue weighted by Crippen LogP contribution is -2.33. The second kappa shape index (κ2) is 16.4. The minimum atomic E-state index is -3.74. The molecule has 0 saturated heterocycles. The van der Waals surface area contributed by atoms with Crippen molar-refractivity contribution in [1.82, 2.24) is 24.5 Å². The van der Waals surface area contributed by atoms with Gasteiger partial charge in [0.05, 0.1) is 27.9 Å². The molecule has 64 heavy (non-hydrogen) atoms. The number of ketones is 1. The van der Waals surface area contributed by atoms with Gasteiger partial charge >= 0.3 is 0 Å². The van der Waals surface area contributed by atoms with Crippen molar-refractivity contribution < 1.29 is 56.8 Å². The third-order valence-corrected chi connectivity index (χ3v) is 16.6. The van der Waals surface area contributed by atoms with Gasteiger partial charge in [-0.1, -0.05) is 31.0 Å². The number of hydrogen-bond acceptors (Lipinski definition) is 8. The highest BCUT2D eigenvalue weighted by Crippen LogP contribution is 2.68. The van der Waals surface area contributed by atoms with Gasteiger partial charge in [0.25, 0.3) is 18.8 Å². The van der Waals surface area contributed by atoms with Gasteiger partial charge in [-0.2, -0.15) is 19.0 Å². The Labute approximate surface area is 363 Å². The van der Waals surface area contributed by atoms with Crippen molar-refractivity contribution in [2.24, 2.45) is 5.92 Å². The van der Waals surface area contributed by atoms with E-state index in [0.717, 1.165) is 16.8 Å². The summed E-state index contributed by atoms with van der Waals surface area (Å²) in [5.41, 5.74) is -1.63. The van der Waals surface area contributed by atoms with Crippen LogP contribution in [0.15, 0.2) is 48.5 Å². The second-order valence-corrected chi connectivity index (χ2v) is 22.3. The summed E-state index contributed by atoms with van der Waals surface area (Å²) in [6.45, 7) is 2.42. The van der Waals surface area contributed by atoms with Crippen LogP contribution in [0.4, 0.5) is 35.1 Å². The quantitative estimate of drug-likeness (QED) is 0.0710. The third-order valence-electron chi connectivity index (χ3n) is 12.1. The molecule has 20 heteroatoms. The first-order valence-electron chi connectivity index (χ1n) is 20.5. The molecule has 3 aromatic heterocycles. The molecule has 5 aromatic rings. The van der Waals surface area contributed by atoms with E-state index in [-0.39, 0.29) is 68.8 Å². The highest BCUT2D eigenvalue weighted by atomic mass is 32.2. The molecule has 0 aliphatic heterocycles. The summed E-state index contributed by atoms with van der Waals surface area (Å²) >= 11 is 0. The van der Waals surface area contributed by atoms with Crippen molar-refractivity contribution in [3.8, 4) is 23.0 Å². The number of para-hydroxylation sites is 1. The number of aromatic nitrogens is 5. The van der Waals surface area contributed by atoms with E-state index in [1.807, 2.05) is 0 Å². The maximum Gasteiger partial charge on any atom is 0.293 e. The lowest BCUT2D eigenvalue weighted by atomic mass is 9.86. The molecule has 3 heterocycles. The number of Topliss-reactive ketones (excluding diaryl/α,β-unsaturated/α-hetero) is 1. The van der Waals surface area contributed by atoms with Crippen molar-refractivity contribution >= 4 is 36.4 Å². The van der Waals surface area contributed by atoms with E-state index in [1.54, 1.807) is 0 Å². The first-order chi connectivity index (χ1) is 30.0. The maximum atomic E-state index is 15.5. The van der Waals surface area contributed by atoms with Gasteiger partial charge < -0.3 is 0 Å². The summed E-state index contributed by atoms with van der Waals surface area (Å²) in [6.07, 6.45) is -6.21. The van der Waals surface area contributed by atoms with Crippen LogP contribution in [0, 0.1) is 29.4 Å². The molecule has 2 saturated carbocycles. The zero-order chi connectivity index (χ0) is 46.3. The number of carbonyl (C=O) groups excluding carboxylic acids is 1. The van der Waals surface area contributed by atoms with Crippen molar-refractivity contribution in [2.75, 3.05) is 5.75 Å². The summed E-state index contributed by atoms with van der Waals surface area (Å²) < 4.78 is 169. The third kappa shape index (κ3) is 8.57. The fourth-order valence-electron chi connectivity index (χ4n) is 8.73. The molecule has 3 atom stereocenters. The fraction of sp³-hybridized carbons (Fsp3) is 0.455. The molecule has 10 nitrogen and oxygen atoms in total. The summed E-state index contributed by atoms with van der Waals surface area (Å²) in [5, 5.41) is 7.67. The molecule has 0 spiro atoms. The highest BCUT2D eigenvalue weighted by molar-refractivity contribution is 7.93. The number of fused-ring (bicyclic) bond motifs is 4. The molecule has 8 rings (SSSR count). The van der Waals surface area contributed by atoms with Gasteiger partial charge in [0.15, 0.2) is 25.5 Å². The van der Waals surface area contributed by atoms with Crippen LogP contribution in [0.3, 0.4) is 0 Å². The number of halogens is 8.